The molecule has 0 fully saturated rings. The van der Waals surface area contributed by atoms with Crippen molar-refractivity contribution in [1.29, 1.82) is 0 Å². The van der Waals surface area contributed by atoms with E-state index in [1.807, 2.05) is 32.9 Å². The number of carbonyl (C=O) groups excluding carboxylic acids is 1. The maximum absolute atomic E-state index is 13.1. The minimum atomic E-state index is -0.305. The molecular weight excluding hydrogens is 444 g/mol. The highest BCUT2D eigenvalue weighted by molar-refractivity contribution is 6.05. The van der Waals surface area contributed by atoms with Crippen LogP contribution in [-0.2, 0) is 13.1 Å². The quantitative estimate of drug-likeness (QED) is 0.397. The fourth-order valence-corrected chi connectivity index (χ4v) is 4.16. The van der Waals surface area contributed by atoms with E-state index in [0.717, 1.165) is 24.8 Å². The smallest absolute Gasteiger partial charge is 0.331 e. The van der Waals surface area contributed by atoms with E-state index in [9.17, 15) is 14.4 Å². The van der Waals surface area contributed by atoms with E-state index < -0.39 is 0 Å². The van der Waals surface area contributed by atoms with Crippen molar-refractivity contribution in [2.45, 2.75) is 53.1 Å². The zero-order valence-electron chi connectivity index (χ0n) is 20.3. The molecule has 0 spiro atoms. The number of H-pyrrole nitrogens is 1. The van der Waals surface area contributed by atoms with Crippen molar-refractivity contribution in [2.75, 3.05) is 11.4 Å². The molecule has 4 aromatic heterocycles. The normalized spacial score (nSPS) is 11.2. The van der Waals surface area contributed by atoms with E-state index in [1.54, 1.807) is 40.1 Å². The summed E-state index contributed by atoms with van der Waals surface area (Å²) in [6.45, 7) is 7.29. The maximum Gasteiger partial charge on any atom is 0.331 e. The van der Waals surface area contributed by atoms with E-state index in [4.69, 9.17) is 0 Å². The number of nitrogens with zero attached hydrogens (tertiary/aromatic N) is 5. The average molecular weight is 475 g/mol. The molecule has 0 aliphatic carbocycles. The summed E-state index contributed by atoms with van der Waals surface area (Å²) in [4.78, 5) is 52.4. The summed E-state index contributed by atoms with van der Waals surface area (Å²) in [5.74, 6) is 0.341. The fraction of sp³-hybridized carbons (Fsp3) is 0.346. The van der Waals surface area contributed by atoms with Crippen LogP contribution in [0.15, 0.2) is 58.5 Å². The topological polar surface area (TPSA) is 106 Å². The van der Waals surface area contributed by atoms with E-state index in [0.29, 0.717) is 47.7 Å². The van der Waals surface area contributed by atoms with Crippen molar-refractivity contribution < 1.29 is 4.79 Å². The van der Waals surface area contributed by atoms with Gasteiger partial charge in [-0.25, -0.2) is 9.78 Å². The molecule has 0 atom stereocenters. The van der Waals surface area contributed by atoms with Crippen LogP contribution in [-0.4, -0.2) is 36.5 Å². The molecule has 0 saturated carbocycles. The molecule has 4 heterocycles. The van der Waals surface area contributed by atoms with E-state index >= 15 is 0 Å². The van der Waals surface area contributed by atoms with E-state index in [1.165, 1.54) is 10.8 Å². The molecule has 35 heavy (non-hydrogen) atoms. The number of aryl methyl sites for hydroxylation is 1. The van der Waals surface area contributed by atoms with Crippen molar-refractivity contribution >= 4 is 22.8 Å². The highest BCUT2D eigenvalue weighted by Crippen LogP contribution is 2.24. The average Bonchev–Trinajstić information content (AvgIpc) is 3.33. The predicted octanol–water partition coefficient (Wildman–Crippen LogP) is 3.83. The number of nitrogens with one attached hydrogen (secondary N) is 1. The molecule has 0 aromatic carbocycles. The lowest BCUT2D eigenvalue weighted by Crippen LogP contribution is -2.40. The van der Waals surface area contributed by atoms with Crippen LogP contribution < -0.4 is 16.1 Å². The Morgan fingerprint density at radius 1 is 1.03 bits per heavy atom. The van der Waals surface area contributed by atoms with Crippen molar-refractivity contribution in [3.05, 3.63) is 75.3 Å². The zero-order valence-corrected chi connectivity index (χ0v) is 20.3. The van der Waals surface area contributed by atoms with Crippen LogP contribution >= 0.6 is 0 Å². The van der Waals surface area contributed by atoms with Crippen LogP contribution in [0.25, 0.3) is 22.3 Å². The first kappa shape index (κ1) is 24.1. The highest BCUT2D eigenvalue weighted by atomic mass is 16.2. The van der Waals surface area contributed by atoms with Gasteiger partial charge in [-0.05, 0) is 50.1 Å². The second kappa shape index (κ2) is 10.5. The van der Waals surface area contributed by atoms with E-state index in [-0.39, 0.29) is 17.2 Å². The van der Waals surface area contributed by atoms with Gasteiger partial charge in [-0.3, -0.25) is 28.6 Å². The summed E-state index contributed by atoms with van der Waals surface area (Å²) in [6, 6.07) is 8.90. The Labute approximate surface area is 203 Å². The lowest BCUT2D eigenvalue weighted by molar-refractivity contribution is 0.0987. The van der Waals surface area contributed by atoms with Crippen LogP contribution in [0, 0.1) is 0 Å². The van der Waals surface area contributed by atoms with Gasteiger partial charge < -0.3 is 4.98 Å². The monoisotopic (exact) mass is 474 g/mol. The summed E-state index contributed by atoms with van der Waals surface area (Å²) >= 11 is 0. The third-order valence-corrected chi connectivity index (χ3v) is 6.00. The first-order chi connectivity index (χ1) is 17.0. The largest absolute Gasteiger partial charge is 0.349 e. The second-order valence-corrected chi connectivity index (χ2v) is 8.38. The zero-order chi connectivity index (χ0) is 24.9. The van der Waals surface area contributed by atoms with Gasteiger partial charge in [0.25, 0.3) is 11.5 Å². The number of hydrogen-bond acceptors (Lipinski definition) is 5. The lowest BCUT2D eigenvalue weighted by Gasteiger charge is -2.20. The van der Waals surface area contributed by atoms with Crippen LogP contribution in [0.2, 0.25) is 0 Å². The molecule has 0 bridgehead atoms. The number of fused-ring (bicyclic) bond motifs is 1. The fourth-order valence-electron chi connectivity index (χ4n) is 4.16. The van der Waals surface area contributed by atoms with Gasteiger partial charge in [-0.1, -0.05) is 20.3 Å². The predicted molar refractivity (Wildman–Crippen MR) is 137 cm³/mol. The van der Waals surface area contributed by atoms with E-state index in [2.05, 4.69) is 15.0 Å². The van der Waals surface area contributed by atoms with Crippen LogP contribution in [0.3, 0.4) is 0 Å². The maximum atomic E-state index is 13.1. The molecule has 4 aromatic rings. The first-order valence-electron chi connectivity index (χ1n) is 12.0. The van der Waals surface area contributed by atoms with Crippen molar-refractivity contribution in [3.63, 3.8) is 0 Å². The molecule has 0 saturated heterocycles. The number of aromatic amines is 1. The molecule has 1 N–H and O–H groups in total. The number of hydrogen-bond donors (Lipinski definition) is 1. The molecule has 0 unspecified atom stereocenters. The van der Waals surface area contributed by atoms with Crippen molar-refractivity contribution in [2.24, 2.45) is 0 Å². The third kappa shape index (κ3) is 4.66. The van der Waals surface area contributed by atoms with Gasteiger partial charge in [0.15, 0.2) is 0 Å². The Morgan fingerprint density at radius 3 is 2.49 bits per heavy atom. The lowest BCUT2D eigenvalue weighted by atomic mass is 10.2. The van der Waals surface area contributed by atoms with Gasteiger partial charge in [0.1, 0.15) is 11.3 Å². The minimum absolute atomic E-state index is 0.178. The second-order valence-electron chi connectivity index (χ2n) is 8.38. The molecule has 4 rings (SSSR count). The summed E-state index contributed by atoms with van der Waals surface area (Å²) in [7, 11) is 0. The highest BCUT2D eigenvalue weighted by Gasteiger charge is 2.19. The molecule has 0 aliphatic rings. The minimum Gasteiger partial charge on any atom is -0.349 e. The molecule has 1 amide bonds. The molecule has 9 nitrogen and oxygen atoms in total. The van der Waals surface area contributed by atoms with Gasteiger partial charge >= 0.3 is 5.69 Å². The summed E-state index contributed by atoms with van der Waals surface area (Å²) in [6.07, 6.45) is 7.25. The number of carbonyl (C=O) groups is 1. The Hall–Kier alpha value is -4.01. The Morgan fingerprint density at radius 2 is 1.86 bits per heavy atom. The Bertz CT molecular complexity index is 1430. The Balaban J connectivity index is 1.72. The third-order valence-electron chi connectivity index (χ3n) is 6.00. The van der Waals surface area contributed by atoms with Crippen LogP contribution in [0.1, 0.15) is 50.4 Å². The summed E-state index contributed by atoms with van der Waals surface area (Å²) in [5.41, 5.74) is 2.36. The number of pyridine rings is 2. The van der Waals surface area contributed by atoms with Gasteiger partial charge in [0, 0.05) is 49.5 Å². The molecule has 0 radical (unpaired) electrons. The molecular formula is C26H30N6O3. The van der Waals surface area contributed by atoms with Gasteiger partial charge in [0.2, 0.25) is 0 Å². The molecule has 9 heteroatoms. The molecule has 182 valence electrons. The Kier molecular flexibility index (Phi) is 7.24. The number of unbranched alkanes of at least 4 members (excludes halogenated alkanes) is 1. The van der Waals surface area contributed by atoms with Crippen molar-refractivity contribution in [3.8, 4) is 11.3 Å². The summed E-state index contributed by atoms with van der Waals surface area (Å²) < 4.78 is 2.99. The first-order valence-corrected chi connectivity index (χ1v) is 12.0. The van der Waals surface area contributed by atoms with Gasteiger partial charge in [0.05, 0.1) is 11.1 Å². The van der Waals surface area contributed by atoms with Gasteiger partial charge in [-0.2, -0.15) is 0 Å². The van der Waals surface area contributed by atoms with Crippen molar-refractivity contribution in [1.82, 2.24) is 24.1 Å². The van der Waals surface area contributed by atoms with Crippen LogP contribution in [0.4, 0.5) is 5.82 Å². The number of aromatic nitrogens is 5. The standard InChI is InChI=1S/C26H30N6O3/c1-4-7-14-32-25(34)23-21(31(13-5-2)26(32)35)15-20(29-23)18-10-11-22(28-17-18)30(6-3)24(33)19-9-8-12-27-16-19/h8-12,15-17,29H,4-7,13-14H2,1-3H3. The summed E-state index contributed by atoms with van der Waals surface area (Å²) in [5, 5.41) is 0. The van der Waals surface area contributed by atoms with Gasteiger partial charge in [-0.15, -0.1) is 0 Å². The van der Waals surface area contributed by atoms with Crippen LogP contribution in [0.5, 0.6) is 0 Å². The molecule has 0 aliphatic heterocycles. The SMILES string of the molecule is CCCCn1c(=O)c2[nH]c(-c3ccc(N(CC)C(=O)c4cccnc4)nc3)cc2n(CCC)c1=O. The number of amides is 1. The number of anilines is 1. The number of rotatable bonds is 9.